The summed E-state index contributed by atoms with van der Waals surface area (Å²) in [6.07, 6.45) is 1.44. The van der Waals surface area contributed by atoms with Gasteiger partial charge >= 0.3 is 5.91 Å². The minimum absolute atomic E-state index is 0.00402. The number of furan rings is 1. The van der Waals surface area contributed by atoms with E-state index < -0.39 is 11.8 Å². The van der Waals surface area contributed by atoms with Crippen LogP contribution in [-0.2, 0) is 4.79 Å². The molecule has 1 aromatic heterocycles. The molecule has 0 radical (unpaired) electrons. The topological polar surface area (TPSA) is 89.2 Å². The SMILES string of the molecule is CCC(=O)N(O)C(=O)c1occ(-c2ccc(-c3cc(OC)ccc3OC)cc2)c1C. The lowest BCUT2D eigenvalue weighted by atomic mass is 9.98. The van der Waals surface area contributed by atoms with E-state index in [0.717, 1.165) is 28.2 Å². The first-order valence-corrected chi connectivity index (χ1v) is 9.38. The predicted octanol–water partition coefficient (Wildman–Crippen LogP) is 4.71. The molecular formula is C23H23NO6. The van der Waals surface area contributed by atoms with Crippen LogP contribution in [-0.4, -0.2) is 36.3 Å². The van der Waals surface area contributed by atoms with Gasteiger partial charge in [-0.05, 0) is 36.2 Å². The Morgan fingerprint density at radius 1 is 1.00 bits per heavy atom. The fourth-order valence-corrected chi connectivity index (χ4v) is 3.14. The van der Waals surface area contributed by atoms with Crippen LogP contribution < -0.4 is 9.47 Å². The highest BCUT2D eigenvalue weighted by atomic mass is 16.5. The van der Waals surface area contributed by atoms with E-state index in [0.29, 0.717) is 11.1 Å². The van der Waals surface area contributed by atoms with Crippen molar-refractivity contribution in [1.29, 1.82) is 0 Å². The maximum absolute atomic E-state index is 12.3. The van der Waals surface area contributed by atoms with Gasteiger partial charge in [-0.25, -0.2) is 0 Å². The molecule has 0 saturated carbocycles. The molecular weight excluding hydrogens is 386 g/mol. The molecule has 0 fully saturated rings. The lowest BCUT2D eigenvalue weighted by Crippen LogP contribution is -2.33. The van der Waals surface area contributed by atoms with Crippen molar-refractivity contribution in [2.45, 2.75) is 20.3 Å². The first-order valence-electron chi connectivity index (χ1n) is 9.38. The lowest BCUT2D eigenvalue weighted by Gasteiger charge is -2.11. The molecule has 2 aromatic carbocycles. The first kappa shape index (κ1) is 21.1. The highest BCUT2D eigenvalue weighted by Gasteiger charge is 2.26. The van der Waals surface area contributed by atoms with Crippen LogP contribution in [0.2, 0.25) is 0 Å². The molecule has 0 aliphatic heterocycles. The quantitative estimate of drug-likeness (QED) is 0.469. The van der Waals surface area contributed by atoms with Gasteiger partial charge in [-0.3, -0.25) is 14.8 Å². The molecule has 0 aliphatic carbocycles. The zero-order chi connectivity index (χ0) is 21.8. The summed E-state index contributed by atoms with van der Waals surface area (Å²) in [7, 11) is 3.22. The Bertz CT molecular complexity index is 1070. The molecule has 0 saturated heterocycles. The minimum atomic E-state index is -0.886. The summed E-state index contributed by atoms with van der Waals surface area (Å²) in [5, 5.41) is 9.84. The Kier molecular flexibility index (Phi) is 6.23. The molecule has 7 nitrogen and oxygen atoms in total. The van der Waals surface area contributed by atoms with Crippen molar-refractivity contribution < 1.29 is 28.7 Å². The summed E-state index contributed by atoms with van der Waals surface area (Å²) < 4.78 is 16.1. The highest BCUT2D eigenvalue weighted by molar-refractivity contribution is 6.03. The average molecular weight is 409 g/mol. The van der Waals surface area contributed by atoms with E-state index in [2.05, 4.69) is 0 Å². The summed E-state index contributed by atoms with van der Waals surface area (Å²) in [5.74, 6) is -0.219. The minimum Gasteiger partial charge on any atom is -0.497 e. The summed E-state index contributed by atoms with van der Waals surface area (Å²) >= 11 is 0. The van der Waals surface area contributed by atoms with E-state index in [9.17, 15) is 14.8 Å². The number of imide groups is 1. The summed E-state index contributed by atoms with van der Waals surface area (Å²) in [6.45, 7) is 3.26. The molecule has 0 atom stereocenters. The van der Waals surface area contributed by atoms with Crippen molar-refractivity contribution in [2.24, 2.45) is 0 Å². The van der Waals surface area contributed by atoms with E-state index in [-0.39, 0.29) is 17.2 Å². The Morgan fingerprint density at radius 2 is 1.63 bits per heavy atom. The second-order valence-corrected chi connectivity index (χ2v) is 6.61. The number of hydrogen-bond donors (Lipinski definition) is 1. The van der Waals surface area contributed by atoms with Crippen LogP contribution in [0, 0.1) is 6.92 Å². The van der Waals surface area contributed by atoms with Gasteiger partial charge in [-0.2, -0.15) is 0 Å². The summed E-state index contributed by atoms with van der Waals surface area (Å²) in [6, 6.07) is 13.2. The third-order valence-electron chi connectivity index (χ3n) is 4.88. The maximum atomic E-state index is 12.3. The highest BCUT2D eigenvalue weighted by Crippen LogP contribution is 2.35. The van der Waals surface area contributed by atoms with Crippen LogP contribution in [0.5, 0.6) is 11.5 Å². The molecule has 1 heterocycles. The van der Waals surface area contributed by atoms with E-state index in [1.54, 1.807) is 28.1 Å². The third kappa shape index (κ3) is 3.92. The number of methoxy groups -OCH3 is 2. The second-order valence-electron chi connectivity index (χ2n) is 6.61. The fourth-order valence-electron chi connectivity index (χ4n) is 3.14. The van der Waals surface area contributed by atoms with Crippen LogP contribution in [0.1, 0.15) is 29.5 Å². The van der Waals surface area contributed by atoms with Gasteiger partial charge in [-0.15, -0.1) is 5.06 Å². The largest absolute Gasteiger partial charge is 0.497 e. The Morgan fingerprint density at radius 3 is 2.20 bits per heavy atom. The summed E-state index contributed by atoms with van der Waals surface area (Å²) in [4.78, 5) is 23.9. The lowest BCUT2D eigenvalue weighted by molar-refractivity contribution is -0.153. The molecule has 0 spiro atoms. The Labute approximate surface area is 174 Å². The van der Waals surface area contributed by atoms with Crippen molar-refractivity contribution >= 4 is 11.8 Å². The molecule has 30 heavy (non-hydrogen) atoms. The van der Waals surface area contributed by atoms with Crippen molar-refractivity contribution in [1.82, 2.24) is 5.06 Å². The van der Waals surface area contributed by atoms with Gasteiger partial charge in [0.05, 0.1) is 20.5 Å². The van der Waals surface area contributed by atoms with E-state index >= 15 is 0 Å². The molecule has 3 aromatic rings. The van der Waals surface area contributed by atoms with Crippen LogP contribution in [0.3, 0.4) is 0 Å². The van der Waals surface area contributed by atoms with Gasteiger partial charge in [0.2, 0.25) is 0 Å². The Balaban J connectivity index is 1.92. The van der Waals surface area contributed by atoms with Crippen molar-refractivity contribution in [2.75, 3.05) is 14.2 Å². The number of amides is 2. The van der Waals surface area contributed by atoms with Crippen molar-refractivity contribution in [3.8, 4) is 33.8 Å². The molecule has 3 rings (SSSR count). The number of ether oxygens (including phenoxy) is 2. The van der Waals surface area contributed by atoms with Crippen LogP contribution in [0.25, 0.3) is 22.3 Å². The third-order valence-corrected chi connectivity index (χ3v) is 4.88. The van der Waals surface area contributed by atoms with E-state index in [1.165, 1.54) is 6.26 Å². The molecule has 1 N–H and O–H groups in total. The molecule has 0 bridgehead atoms. The van der Waals surface area contributed by atoms with E-state index in [1.807, 2.05) is 42.5 Å². The van der Waals surface area contributed by atoms with Gasteiger partial charge < -0.3 is 13.9 Å². The van der Waals surface area contributed by atoms with Gasteiger partial charge in [0.1, 0.15) is 11.5 Å². The first-order chi connectivity index (χ1) is 14.4. The van der Waals surface area contributed by atoms with Gasteiger partial charge in [0, 0.05) is 23.1 Å². The number of rotatable bonds is 6. The Hall–Kier alpha value is -3.58. The van der Waals surface area contributed by atoms with Crippen LogP contribution in [0.15, 0.2) is 53.1 Å². The van der Waals surface area contributed by atoms with Gasteiger partial charge in [0.25, 0.3) is 5.91 Å². The van der Waals surface area contributed by atoms with Crippen LogP contribution in [0.4, 0.5) is 0 Å². The number of carbonyl (C=O) groups is 2. The number of carbonyl (C=O) groups excluding carboxylic acids is 2. The zero-order valence-corrected chi connectivity index (χ0v) is 17.3. The fraction of sp³-hybridized carbons (Fsp3) is 0.217. The molecule has 0 unspecified atom stereocenters. The maximum Gasteiger partial charge on any atom is 0.320 e. The van der Waals surface area contributed by atoms with Crippen LogP contribution >= 0.6 is 0 Å². The molecule has 2 amide bonds. The molecule has 156 valence electrons. The number of benzene rings is 2. The van der Waals surface area contributed by atoms with Crippen molar-refractivity contribution in [3.05, 3.63) is 60.1 Å². The van der Waals surface area contributed by atoms with Crippen molar-refractivity contribution in [3.63, 3.8) is 0 Å². The molecule has 7 heteroatoms. The van der Waals surface area contributed by atoms with Gasteiger partial charge in [0.15, 0.2) is 5.76 Å². The summed E-state index contributed by atoms with van der Waals surface area (Å²) in [5.41, 5.74) is 3.88. The van der Waals surface area contributed by atoms with E-state index in [4.69, 9.17) is 13.9 Å². The monoisotopic (exact) mass is 409 g/mol. The second kappa shape index (κ2) is 8.84. The average Bonchev–Trinajstić information content (AvgIpc) is 3.18. The standard InChI is InChI=1S/C23H23NO6/c1-5-21(25)24(27)23(26)22-14(2)19(13-30-22)16-8-6-15(7-9-16)18-12-17(28-3)10-11-20(18)29-4/h6-13,27H,5H2,1-4H3. The predicted molar refractivity (Wildman–Crippen MR) is 111 cm³/mol. The normalized spacial score (nSPS) is 10.6. The van der Waals surface area contributed by atoms with Gasteiger partial charge in [-0.1, -0.05) is 31.2 Å². The number of hydroxylamine groups is 2. The number of hydrogen-bond acceptors (Lipinski definition) is 6. The molecule has 0 aliphatic rings. The smallest absolute Gasteiger partial charge is 0.320 e. The number of nitrogens with zero attached hydrogens (tertiary/aromatic N) is 1. The zero-order valence-electron chi connectivity index (χ0n) is 17.3.